The number of fused-ring (bicyclic) bond motifs is 1. The van der Waals surface area contributed by atoms with Crippen LogP contribution in [0.5, 0.6) is 0 Å². The second kappa shape index (κ2) is 7.64. The molecule has 0 amide bonds. The number of rotatable bonds is 4. The van der Waals surface area contributed by atoms with Gasteiger partial charge in [0.05, 0.1) is 16.0 Å². The Balaban J connectivity index is 1.48. The molecule has 1 saturated heterocycles. The van der Waals surface area contributed by atoms with Crippen LogP contribution in [-0.2, 0) is 16.6 Å². The van der Waals surface area contributed by atoms with Gasteiger partial charge in [0.25, 0.3) is 0 Å². The van der Waals surface area contributed by atoms with Crippen molar-refractivity contribution < 1.29 is 8.42 Å². The zero-order chi connectivity index (χ0) is 20.6. The van der Waals surface area contributed by atoms with Crippen molar-refractivity contribution in [2.75, 3.05) is 26.2 Å². The number of aryl methyl sites for hydroxylation is 2. The summed E-state index contributed by atoms with van der Waals surface area (Å²) >= 11 is 0. The Labute approximate surface area is 171 Å². The van der Waals surface area contributed by atoms with Crippen molar-refractivity contribution in [1.82, 2.24) is 13.6 Å². The van der Waals surface area contributed by atoms with Crippen LogP contribution in [0.1, 0.15) is 22.3 Å². The molecule has 150 valence electrons. The van der Waals surface area contributed by atoms with Crippen molar-refractivity contribution in [1.29, 1.82) is 5.26 Å². The van der Waals surface area contributed by atoms with E-state index in [9.17, 15) is 13.7 Å². The van der Waals surface area contributed by atoms with E-state index < -0.39 is 10.0 Å². The molecule has 0 spiro atoms. The molecule has 0 bridgehead atoms. The van der Waals surface area contributed by atoms with Crippen LogP contribution >= 0.6 is 0 Å². The van der Waals surface area contributed by atoms with Crippen molar-refractivity contribution in [3.8, 4) is 6.07 Å². The van der Waals surface area contributed by atoms with E-state index in [0.717, 1.165) is 22.2 Å². The largest absolute Gasteiger partial charge is 0.322 e. The van der Waals surface area contributed by atoms with Crippen LogP contribution in [0.4, 0.5) is 0 Å². The molecule has 29 heavy (non-hydrogen) atoms. The quantitative estimate of drug-likeness (QED) is 0.666. The molecule has 3 heterocycles. The van der Waals surface area contributed by atoms with Gasteiger partial charge in [-0.15, -0.1) is 0 Å². The van der Waals surface area contributed by atoms with E-state index in [1.807, 2.05) is 61.0 Å². The summed E-state index contributed by atoms with van der Waals surface area (Å²) in [5, 5.41) is 9.59. The van der Waals surface area contributed by atoms with E-state index >= 15 is 0 Å². The second-order valence-electron chi connectivity index (χ2n) is 7.58. The maximum atomic E-state index is 13.1. The van der Waals surface area contributed by atoms with Gasteiger partial charge in [-0.25, -0.2) is 8.42 Å². The topological polar surface area (TPSA) is 68.8 Å². The normalized spacial score (nSPS) is 16.2. The first-order valence-corrected chi connectivity index (χ1v) is 11.1. The molecule has 2 aromatic heterocycles. The zero-order valence-electron chi connectivity index (χ0n) is 16.7. The van der Waals surface area contributed by atoms with E-state index in [1.165, 1.54) is 0 Å². The molecule has 0 atom stereocenters. The van der Waals surface area contributed by atoms with Crippen molar-refractivity contribution in [3.63, 3.8) is 0 Å². The van der Waals surface area contributed by atoms with Gasteiger partial charge in [0.2, 0.25) is 10.0 Å². The van der Waals surface area contributed by atoms with E-state index in [1.54, 1.807) is 10.4 Å². The minimum absolute atomic E-state index is 0.391. The summed E-state index contributed by atoms with van der Waals surface area (Å²) in [7, 11) is -3.49. The van der Waals surface area contributed by atoms with Gasteiger partial charge >= 0.3 is 0 Å². The minimum atomic E-state index is -3.49. The molecule has 0 unspecified atom stereocenters. The lowest BCUT2D eigenvalue weighted by atomic mass is 10.1. The molecule has 1 aliphatic heterocycles. The monoisotopic (exact) mass is 408 g/mol. The maximum absolute atomic E-state index is 13.1. The summed E-state index contributed by atoms with van der Waals surface area (Å²) in [6, 6.07) is 13.6. The minimum Gasteiger partial charge on any atom is -0.322 e. The first-order valence-electron chi connectivity index (χ1n) is 9.68. The second-order valence-corrected chi connectivity index (χ2v) is 9.49. The van der Waals surface area contributed by atoms with Crippen molar-refractivity contribution in [3.05, 3.63) is 71.0 Å². The summed E-state index contributed by atoms with van der Waals surface area (Å²) in [4.78, 5) is 2.60. The van der Waals surface area contributed by atoms with Gasteiger partial charge < -0.3 is 4.40 Å². The molecule has 1 aliphatic rings. The van der Waals surface area contributed by atoms with Gasteiger partial charge in [0.15, 0.2) is 0 Å². The highest BCUT2D eigenvalue weighted by Gasteiger charge is 2.30. The fourth-order valence-corrected chi connectivity index (χ4v) is 5.65. The highest BCUT2D eigenvalue weighted by atomic mass is 32.2. The third kappa shape index (κ3) is 3.67. The third-order valence-corrected chi connectivity index (χ3v) is 7.61. The molecule has 4 rings (SSSR count). The number of hydrogen-bond acceptors (Lipinski definition) is 4. The fourth-order valence-electron chi connectivity index (χ4n) is 4.02. The molecular weight excluding hydrogens is 384 g/mol. The predicted molar refractivity (Wildman–Crippen MR) is 112 cm³/mol. The van der Waals surface area contributed by atoms with E-state index in [0.29, 0.717) is 43.2 Å². The zero-order valence-corrected chi connectivity index (χ0v) is 17.5. The van der Waals surface area contributed by atoms with Crippen LogP contribution in [0.2, 0.25) is 0 Å². The average Bonchev–Trinajstić information content (AvgIpc) is 3.05. The first-order chi connectivity index (χ1) is 13.9. The van der Waals surface area contributed by atoms with Gasteiger partial charge in [-0.1, -0.05) is 23.8 Å². The summed E-state index contributed by atoms with van der Waals surface area (Å²) in [5.74, 6) is 0. The number of nitrogens with zero attached hydrogens (tertiary/aromatic N) is 4. The van der Waals surface area contributed by atoms with Gasteiger partial charge in [-0.05, 0) is 37.6 Å². The Kier molecular flexibility index (Phi) is 5.17. The van der Waals surface area contributed by atoms with Crippen LogP contribution < -0.4 is 0 Å². The number of benzene rings is 1. The molecule has 0 saturated carbocycles. The van der Waals surface area contributed by atoms with Crippen molar-refractivity contribution >= 4 is 15.5 Å². The molecule has 1 aromatic carbocycles. The summed E-state index contributed by atoms with van der Waals surface area (Å²) < 4.78 is 29.7. The van der Waals surface area contributed by atoms with Crippen LogP contribution in [0.3, 0.4) is 0 Å². The standard InChI is InChI=1S/C22H24N4O2S/c1-17-6-7-22(18(2)13-17)29(27,28)26-11-9-24(10-12-26)15-19-16-25-8-4-3-5-21(25)20(19)14-23/h3-8,13,16H,9-12,15H2,1-2H3. The number of hydrogen-bond donors (Lipinski definition) is 0. The lowest BCUT2D eigenvalue weighted by Gasteiger charge is -2.34. The van der Waals surface area contributed by atoms with E-state index in [2.05, 4.69) is 11.0 Å². The number of pyridine rings is 1. The van der Waals surface area contributed by atoms with Crippen LogP contribution in [0.25, 0.3) is 5.52 Å². The Morgan fingerprint density at radius 1 is 1.07 bits per heavy atom. The summed E-state index contributed by atoms with van der Waals surface area (Å²) in [6.07, 6.45) is 3.93. The third-order valence-electron chi connectivity index (χ3n) is 5.55. The van der Waals surface area contributed by atoms with Gasteiger partial charge in [0.1, 0.15) is 6.07 Å². The number of piperazine rings is 1. The highest BCUT2D eigenvalue weighted by molar-refractivity contribution is 7.89. The molecule has 6 nitrogen and oxygen atoms in total. The van der Waals surface area contributed by atoms with Gasteiger partial charge in [-0.3, -0.25) is 4.90 Å². The summed E-state index contributed by atoms with van der Waals surface area (Å²) in [5.41, 5.74) is 4.41. The van der Waals surface area contributed by atoms with E-state index in [4.69, 9.17) is 0 Å². The van der Waals surface area contributed by atoms with Crippen LogP contribution in [-0.4, -0.2) is 48.2 Å². The Bertz CT molecular complexity index is 1200. The molecule has 0 N–H and O–H groups in total. The number of sulfonamides is 1. The van der Waals surface area contributed by atoms with Gasteiger partial charge in [-0.2, -0.15) is 9.57 Å². The highest BCUT2D eigenvalue weighted by Crippen LogP contribution is 2.24. The van der Waals surface area contributed by atoms with Crippen LogP contribution in [0, 0.1) is 25.2 Å². The number of nitriles is 1. The van der Waals surface area contributed by atoms with Crippen molar-refractivity contribution in [2.24, 2.45) is 0 Å². The maximum Gasteiger partial charge on any atom is 0.243 e. The molecule has 0 aliphatic carbocycles. The molecule has 7 heteroatoms. The SMILES string of the molecule is Cc1ccc(S(=O)(=O)N2CCN(Cc3cn4ccccc4c3C#N)CC2)c(C)c1. The summed E-state index contributed by atoms with van der Waals surface area (Å²) in [6.45, 7) is 6.63. The lowest BCUT2D eigenvalue weighted by Crippen LogP contribution is -2.48. The number of aromatic nitrogens is 1. The Morgan fingerprint density at radius 2 is 1.83 bits per heavy atom. The van der Waals surface area contributed by atoms with E-state index in [-0.39, 0.29) is 0 Å². The Morgan fingerprint density at radius 3 is 2.52 bits per heavy atom. The fraction of sp³-hybridized carbons (Fsp3) is 0.318. The molecule has 0 radical (unpaired) electrons. The molecule has 1 fully saturated rings. The molecule has 3 aromatic rings. The average molecular weight is 409 g/mol. The van der Waals surface area contributed by atoms with Crippen LogP contribution in [0.15, 0.2) is 53.7 Å². The molecular formula is C22H24N4O2S. The van der Waals surface area contributed by atoms with Gasteiger partial charge in [0, 0.05) is 50.7 Å². The first kappa shape index (κ1) is 19.6. The lowest BCUT2D eigenvalue weighted by molar-refractivity contribution is 0.181. The van der Waals surface area contributed by atoms with Crippen molar-refractivity contribution in [2.45, 2.75) is 25.3 Å². The Hall–Kier alpha value is -2.66. The predicted octanol–water partition coefficient (Wildman–Crippen LogP) is 2.93. The smallest absolute Gasteiger partial charge is 0.243 e.